The molecule has 1 atom stereocenters. The van der Waals surface area contributed by atoms with Crippen molar-refractivity contribution in [2.24, 2.45) is 0 Å². The quantitative estimate of drug-likeness (QED) is 0.780. The molecule has 1 aliphatic rings. The Labute approximate surface area is 85.1 Å². The molecule has 0 saturated carbocycles. The summed E-state index contributed by atoms with van der Waals surface area (Å²) in [7, 11) is 0. The van der Waals surface area contributed by atoms with E-state index in [4.69, 9.17) is 4.42 Å². The van der Waals surface area contributed by atoms with Crippen molar-refractivity contribution in [2.45, 2.75) is 32.5 Å². The molecule has 78 valence electrons. The minimum absolute atomic E-state index is 0.263. The van der Waals surface area contributed by atoms with Gasteiger partial charge in [-0.1, -0.05) is 0 Å². The SMILES string of the molecule is CC(C)N1CCCNC1c1ccco1. The van der Waals surface area contributed by atoms with Crippen LogP contribution in [0.1, 0.15) is 32.2 Å². The number of hydrogen-bond acceptors (Lipinski definition) is 3. The normalized spacial score (nSPS) is 24.4. The van der Waals surface area contributed by atoms with Gasteiger partial charge in [-0.2, -0.15) is 0 Å². The summed E-state index contributed by atoms with van der Waals surface area (Å²) in [5.74, 6) is 1.03. The average Bonchev–Trinajstić information content (AvgIpc) is 2.70. The lowest BCUT2D eigenvalue weighted by atomic mass is 10.1. The number of hydrogen-bond donors (Lipinski definition) is 1. The van der Waals surface area contributed by atoms with Gasteiger partial charge in [-0.15, -0.1) is 0 Å². The molecule has 3 heteroatoms. The lowest BCUT2D eigenvalue weighted by Crippen LogP contribution is -2.47. The van der Waals surface area contributed by atoms with Gasteiger partial charge >= 0.3 is 0 Å². The molecule has 1 fully saturated rings. The molecule has 0 radical (unpaired) electrons. The molecular weight excluding hydrogens is 176 g/mol. The molecule has 0 aromatic carbocycles. The minimum Gasteiger partial charge on any atom is -0.466 e. The molecule has 0 bridgehead atoms. The number of nitrogens with one attached hydrogen (secondary N) is 1. The summed E-state index contributed by atoms with van der Waals surface area (Å²) in [6.45, 7) is 6.68. The average molecular weight is 194 g/mol. The molecule has 1 N–H and O–H groups in total. The van der Waals surface area contributed by atoms with Gasteiger partial charge in [0, 0.05) is 12.6 Å². The summed E-state index contributed by atoms with van der Waals surface area (Å²) < 4.78 is 5.45. The van der Waals surface area contributed by atoms with E-state index in [1.165, 1.54) is 6.42 Å². The van der Waals surface area contributed by atoms with Crippen LogP contribution in [-0.4, -0.2) is 24.0 Å². The highest BCUT2D eigenvalue weighted by Crippen LogP contribution is 2.23. The Morgan fingerprint density at radius 3 is 3.07 bits per heavy atom. The molecular formula is C11H18N2O. The molecule has 3 nitrogen and oxygen atoms in total. The molecule has 1 saturated heterocycles. The van der Waals surface area contributed by atoms with Gasteiger partial charge in [0.2, 0.25) is 0 Å². The summed E-state index contributed by atoms with van der Waals surface area (Å²) in [6.07, 6.45) is 3.22. The fraction of sp³-hybridized carbons (Fsp3) is 0.636. The van der Waals surface area contributed by atoms with Crippen LogP contribution in [0.25, 0.3) is 0 Å². The van der Waals surface area contributed by atoms with Gasteiger partial charge in [0.1, 0.15) is 11.9 Å². The van der Waals surface area contributed by atoms with Gasteiger partial charge in [0.25, 0.3) is 0 Å². The van der Waals surface area contributed by atoms with E-state index in [-0.39, 0.29) is 6.17 Å². The predicted octanol–water partition coefficient (Wildman–Crippen LogP) is 1.98. The third-order valence-corrected chi connectivity index (χ3v) is 2.74. The molecule has 1 aromatic rings. The molecule has 0 amide bonds. The highest BCUT2D eigenvalue weighted by Gasteiger charge is 2.26. The molecule has 1 unspecified atom stereocenters. The van der Waals surface area contributed by atoms with Crippen molar-refractivity contribution >= 4 is 0 Å². The third-order valence-electron chi connectivity index (χ3n) is 2.74. The van der Waals surface area contributed by atoms with Gasteiger partial charge in [-0.05, 0) is 38.9 Å². The minimum atomic E-state index is 0.263. The van der Waals surface area contributed by atoms with Gasteiger partial charge < -0.3 is 4.42 Å². The van der Waals surface area contributed by atoms with E-state index in [0.717, 1.165) is 18.8 Å². The van der Waals surface area contributed by atoms with Crippen LogP contribution in [-0.2, 0) is 0 Å². The van der Waals surface area contributed by atoms with Crippen LogP contribution in [0.5, 0.6) is 0 Å². The van der Waals surface area contributed by atoms with Crippen molar-refractivity contribution in [1.29, 1.82) is 0 Å². The Hall–Kier alpha value is -0.800. The first-order chi connectivity index (χ1) is 6.79. The van der Waals surface area contributed by atoms with Crippen molar-refractivity contribution in [3.8, 4) is 0 Å². The lowest BCUT2D eigenvalue weighted by molar-refractivity contribution is 0.0807. The second-order valence-corrected chi connectivity index (χ2v) is 4.06. The first-order valence-electron chi connectivity index (χ1n) is 5.31. The van der Waals surface area contributed by atoms with Crippen LogP contribution in [0, 0.1) is 0 Å². The van der Waals surface area contributed by atoms with Gasteiger partial charge in [0.05, 0.1) is 6.26 Å². The van der Waals surface area contributed by atoms with Crippen LogP contribution in [0.3, 0.4) is 0 Å². The van der Waals surface area contributed by atoms with E-state index >= 15 is 0 Å². The van der Waals surface area contributed by atoms with Crippen LogP contribution < -0.4 is 5.32 Å². The maximum absolute atomic E-state index is 5.45. The van der Waals surface area contributed by atoms with Crippen molar-refractivity contribution in [2.75, 3.05) is 13.1 Å². The van der Waals surface area contributed by atoms with E-state index in [2.05, 4.69) is 24.1 Å². The summed E-state index contributed by atoms with van der Waals surface area (Å²) in [5, 5.41) is 3.49. The Kier molecular flexibility index (Phi) is 2.89. The van der Waals surface area contributed by atoms with E-state index in [0.29, 0.717) is 6.04 Å². The van der Waals surface area contributed by atoms with Crippen LogP contribution in [0.2, 0.25) is 0 Å². The zero-order valence-corrected chi connectivity index (χ0v) is 8.86. The molecule has 0 spiro atoms. The van der Waals surface area contributed by atoms with E-state index < -0.39 is 0 Å². The second kappa shape index (κ2) is 4.15. The molecule has 2 rings (SSSR count). The Balaban J connectivity index is 2.14. The maximum Gasteiger partial charge on any atom is 0.135 e. The molecule has 2 heterocycles. The van der Waals surface area contributed by atoms with Crippen LogP contribution in [0.4, 0.5) is 0 Å². The summed E-state index contributed by atoms with van der Waals surface area (Å²) in [4.78, 5) is 2.43. The van der Waals surface area contributed by atoms with E-state index in [9.17, 15) is 0 Å². The molecule has 1 aromatic heterocycles. The van der Waals surface area contributed by atoms with Gasteiger partial charge in [-0.25, -0.2) is 0 Å². The maximum atomic E-state index is 5.45. The standard InChI is InChI=1S/C11H18N2O/c1-9(2)13-7-4-6-12-11(13)10-5-3-8-14-10/h3,5,8-9,11-12H,4,6-7H2,1-2H3. The molecule has 1 aliphatic heterocycles. The number of nitrogens with zero attached hydrogens (tertiary/aromatic N) is 1. The zero-order valence-electron chi connectivity index (χ0n) is 8.86. The van der Waals surface area contributed by atoms with Crippen molar-refractivity contribution in [1.82, 2.24) is 10.2 Å². The second-order valence-electron chi connectivity index (χ2n) is 4.06. The number of furan rings is 1. The highest BCUT2D eigenvalue weighted by molar-refractivity contribution is 5.05. The van der Waals surface area contributed by atoms with E-state index in [1.807, 2.05) is 12.1 Å². The Morgan fingerprint density at radius 1 is 1.57 bits per heavy atom. The third kappa shape index (κ3) is 1.83. The van der Waals surface area contributed by atoms with Crippen molar-refractivity contribution in [3.63, 3.8) is 0 Å². The highest BCUT2D eigenvalue weighted by atomic mass is 16.3. The van der Waals surface area contributed by atoms with Crippen molar-refractivity contribution in [3.05, 3.63) is 24.2 Å². The number of rotatable bonds is 2. The topological polar surface area (TPSA) is 28.4 Å². The fourth-order valence-corrected chi connectivity index (χ4v) is 2.01. The fourth-order valence-electron chi connectivity index (χ4n) is 2.01. The summed E-state index contributed by atoms with van der Waals surface area (Å²) >= 11 is 0. The van der Waals surface area contributed by atoms with Gasteiger partial charge in [-0.3, -0.25) is 10.2 Å². The molecule has 0 aliphatic carbocycles. The largest absolute Gasteiger partial charge is 0.466 e. The Morgan fingerprint density at radius 2 is 2.43 bits per heavy atom. The van der Waals surface area contributed by atoms with E-state index in [1.54, 1.807) is 6.26 Å². The van der Waals surface area contributed by atoms with Crippen molar-refractivity contribution < 1.29 is 4.42 Å². The van der Waals surface area contributed by atoms with Gasteiger partial charge in [0.15, 0.2) is 0 Å². The zero-order chi connectivity index (χ0) is 9.97. The summed E-state index contributed by atoms with van der Waals surface area (Å²) in [5.41, 5.74) is 0. The predicted molar refractivity (Wildman–Crippen MR) is 55.9 cm³/mol. The lowest BCUT2D eigenvalue weighted by Gasteiger charge is -2.38. The monoisotopic (exact) mass is 194 g/mol. The Bertz CT molecular complexity index is 269. The van der Waals surface area contributed by atoms with Crippen LogP contribution >= 0.6 is 0 Å². The first kappa shape index (κ1) is 9.74. The molecule has 14 heavy (non-hydrogen) atoms. The first-order valence-corrected chi connectivity index (χ1v) is 5.31. The summed E-state index contributed by atoms with van der Waals surface area (Å²) in [6, 6.07) is 4.54. The smallest absolute Gasteiger partial charge is 0.135 e. The van der Waals surface area contributed by atoms with Crippen LogP contribution in [0.15, 0.2) is 22.8 Å².